The lowest BCUT2D eigenvalue weighted by Crippen LogP contribution is -2.38. The number of Topliss-reactive ketones (excluding diaryl/α,β-unsaturated/α-hetero) is 1. The number of anilines is 1. The summed E-state index contributed by atoms with van der Waals surface area (Å²) in [7, 11) is -3.95. The van der Waals surface area contributed by atoms with Gasteiger partial charge in [-0.3, -0.25) is 9.10 Å². The van der Waals surface area contributed by atoms with Crippen LogP contribution in [0.15, 0.2) is 64.3 Å². The van der Waals surface area contributed by atoms with Gasteiger partial charge in [-0.1, -0.05) is 35.9 Å². The molecule has 0 fully saturated rings. The first-order chi connectivity index (χ1) is 13.5. The van der Waals surface area contributed by atoms with E-state index < -0.39 is 15.8 Å². The average molecular weight is 431 g/mol. The molecule has 1 N–H and O–H groups in total. The van der Waals surface area contributed by atoms with Crippen molar-refractivity contribution in [2.45, 2.75) is 20.0 Å². The molecule has 4 rings (SSSR count). The second-order valence-electron chi connectivity index (χ2n) is 6.43. The van der Waals surface area contributed by atoms with Gasteiger partial charge in [-0.05, 0) is 35.4 Å². The number of hydrogen-bond donors (Lipinski definition) is 1. The van der Waals surface area contributed by atoms with Crippen LogP contribution >= 0.6 is 22.7 Å². The quantitative estimate of drug-likeness (QED) is 0.614. The summed E-state index contributed by atoms with van der Waals surface area (Å²) in [6.45, 7) is 2.64. The zero-order valence-corrected chi connectivity index (χ0v) is 17.5. The third kappa shape index (κ3) is 3.50. The van der Waals surface area contributed by atoms with Crippen LogP contribution in [0.5, 0.6) is 0 Å². The Labute approximate surface area is 172 Å². The molecular formula is C20H18N2O3S3. The summed E-state index contributed by atoms with van der Waals surface area (Å²) in [6, 6.07) is 13.3. The van der Waals surface area contributed by atoms with Gasteiger partial charge in [-0.2, -0.15) is 0 Å². The minimum Gasteiger partial charge on any atom is -0.385 e. The smallest absolute Gasteiger partial charge is 0.270 e. The molecule has 2 aromatic heterocycles. The summed E-state index contributed by atoms with van der Waals surface area (Å²) < 4.78 is 27.8. The van der Waals surface area contributed by atoms with Crippen LogP contribution in [0.4, 0.5) is 5.69 Å². The van der Waals surface area contributed by atoms with Crippen LogP contribution in [0.3, 0.4) is 0 Å². The Bertz CT molecular complexity index is 1130. The SMILES string of the molecule is Cc1ccc(CN2c3ccsc3C(=O)/C(=C/NCc3cccs3)S2(=O)=O)cc1. The molecule has 0 saturated carbocycles. The molecule has 0 unspecified atom stereocenters. The molecule has 3 aromatic rings. The molecule has 8 heteroatoms. The van der Waals surface area contributed by atoms with Gasteiger partial charge in [-0.25, -0.2) is 8.42 Å². The molecule has 0 radical (unpaired) electrons. The van der Waals surface area contributed by atoms with E-state index in [-0.39, 0.29) is 11.4 Å². The normalized spacial score (nSPS) is 17.0. The topological polar surface area (TPSA) is 66.5 Å². The van der Waals surface area contributed by atoms with Crippen molar-refractivity contribution in [2.75, 3.05) is 4.31 Å². The van der Waals surface area contributed by atoms with Crippen LogP contribution in [-0.2, 0) is 23.1 Å². The number of benzene rings is 1. The lowest BCUT2D eigenvalue weighted by molar-refractivity contribution is 0.104. The first-order valence-electron chi connectivity index (χ1n) is 8.63. The van der Waals surface area contributed by atoms with E-state index in [1.165, 1.54) is 21.8 Å². The molecular weight excluding hydrogens is 412 g/mol. The van der Waals surface area contributed by atoms with Gasteiger partial charge in [0.1, 0.15) is 4.88 Å². The van der Waals surface area contributed by atoms with Crippen LogP contribution in [0.25, 0.3) is 0 Å². The highest BCUT2D eigenvalue weighted by atomic mass is 32.2. The molecule has 0 atom stereocenters. The molecule has 0 spiro atoms. The van der Waals surface area contributed by atoms with Crippen molar-refractivity contribution in [1.82, 2.24) is 5.32 Å². The van der Waals surface area contributed by atoms with E-state index in [2.05, 4.69) is 5.32 Å². The van der Waals surface area contributed by atoms with Crippen LogP contribution < -0.4 is 9.62 Å². The largest absolute Gasteiger partial charge is 0.385 e. The minimum atomic E-state index is -3.95. The maximum Gasteiger partial charge on any atom is 0.270 e. The monoisotopic (exact) mass is 430 g/mol. The van der Waals surface area contributed by atoms with E-state index in [4.69, 9.17) is 0 Å². The van der Waals surface area contributed by atoms with Crippen molar-refractivity contribution < 1.29 is 13.2 Å². The van der Waals surface area contributed by atoms with Crippen LogP contribution in [0.2, 0.25) is 0 Å². The van der Waals surface area contributed by atoms with Crippen molar-refractivity contribution in [1.29, 1.82) is 0 Å². The Morgan fingerprint density at radius 2 is 1.86 bits per heavy atom. The lowest BCUT2D eigenvalue weighted by atomic mass is 10.1. The summed E-state index contributed by atoms with van der Waals surface area (Å²) in [5.74, 6) is -0.455. The number of sulfonamides is 1. The van der Waals surface area contributed by atoms with E-state index in [0.717, 1.165) is 16.0 Å². The number of carbonyl (C=O) groups is 1. The third-order valence-corrected chi connectivity index (χ3v) is 7.99. The standard InChI is InChI=1S/C20H18N2O3S3/c1-14-4-6-15(7-5-14)13-22-17-8-10-27-20(17)19(23)18(28(22,24)25)12-21-11-16-3-2-9-26-16/h2-10,12,21H,11,13H2,1H3/b18-12-. The molecule has 0 amide bonds. The molecule has 1 aliphatic heterocycles. The number of aryl methyl sites for hydroxylation is 1. The predicted octanol–water partition coefficient (Wildman–Crippen LogP) is 4.28. The van der Waals surface area contributed by atoms with E-state index in [0.29, 0.717) is 17.1 Å². The Morgan fingerprint density at radius 3 is 2.57 bits per heavy atom. The zero-order valence-electron chi connectivity index (χ0n) is 15.1. The second kappa shape index (κ2) is 7.54. The number of hydrogen-bond acceptors (Lipinski definition) is 6. The fourth-order valence-electron chi connectivity index (χ4n) is 2.97. The summed E-state index contributed by atoms with van der Waals surface area (Å²) in [5.41, 5.74) is 2.42. The van der Waals surface area contributed by atoms with E-state index in [1.54, 1.807) is 22.8 Å². The zero-order chi connectivity index (χ0) is 19.7. The highest BCUT2D eigenvalue weighted by molar-refractivity contribution is 7.97. The van der Waals surface area contributed by atoms with Gasteiger partial charge in [0.15, 0.2) is 4.91 Å². The maximum absolute atomic E-state index is 13.3. The highest BCUT2D eigenvalue weighted by Gasteiger charge is 2.41. The second-order valence-corrected chi connectivity index (χ2v) is 10.2. The Hall–Kier alpha value is -2.42. The number of nitrogens with one attached hydrogen (secondary N) is 1. The summed E-state index contributed by atoms with van der Waals surface area (Å²) in [4.78, 5) is 14.1. The minimum absolute atomic E-state index is 0.182. The molecule has 1 aliphatic rings. The van der Waals surface area contributed by atoms with Crippen LogP contribution in [0, 0.1) is 6.92 Å². The molecule has 5 nitrogen and oxygen atoms in total. The number of allylic oxidation sites excluding steroid dienone is 1. The van der Waals surface area contributed by atoms with Gasteiger partial charge in [0.2, 0.25) is 5.78 Å². The van der Waals surface area contributed by atoms with Crippen molar-refractivity contribution in [3.05, 3.63) is 85.2 Å². The van der Waals surface area contributed by atoms with Crippen LogP contribution in [0.1, 0.15) is 25.7 Å². The molecule has 0 aliphatic carbocycles. The van der Waals surface area contributed by atoms with Crippen molar-refractivity contribution in [3.8, 4) is 0 Å². The van der Waals surface area contributed by atoms with E-state index in [1.807, 2.05) is 48.7 Å². The number of rotatable bonds is 5. The highest BCUT2D eigenvalue weighted by Crippen LogP contribution is 2.39. The number of thiophene rings is 2. The summed E-state index contributed by atoms with van der Waals surface area (Å²) in [5, 5.41) is 6.69. The number of ketones is 1. The first kappa shape index (κ1) is 18.9. The summed E-state index contributed by atoms with van der Waals surface area (Å²) >= 11 is 2.83. The number of nitrogens with zero attached hydrogens (tertiary/aromatic N) is 1. The average Bonchev–Trinajstić information content (AvgIpc) is 3.35. The lowest BCUT2D eigenvalue weighted by Gasteiger charge is -2.29. The van der Waals surface area contributed by atoms with Gasteiger partial charge in [-0.15, -0.1) is 22.7 Å². The van der Waals surface area contributed by atoms with Gasteiger partial charge < -0.3 is 5.32 Å². The van der Waals surface area contributed by atoms with Gasteiger partial charge in [0, 0.05) is 17.6 Å². The Balaban J connectivity index is 1.68. The molecule has 3 heterocycles. The molecule has 0 bridgehead atoms. The summed E-state index contributed by atoms with van der Waals surface area (Å²) in [6.07, 6.45) is 1.34. The fourth-order valence-corrected chi connectivity index (χ4v) is 6.14. The molecule has 144 valence electrons. The predicted molar refractivity (Wildman–Crippen MR) is 114 cm³/mol. The van der Waals surface area contributed by atoms with Crippen molar-refractivity contribution in [3.63, 3.8) is 0 Å². The van der Waals surface area contributed by atoms with E-state index >= 15 is 0 Å². The first-order valence-corrected chi connectivity index (χ1v) is 11.8. The Morgan fingerprint density at radius 1 is 1.07 bits per heavy atom. The molecule has 0 saturated heterocycles. The third-order valence-electron chi connectivity index (χ3n) is 4.45. The number of fused-ring (bicyclic) bond motifs is 1. The molecule has 28 heavy (non-hydrogen) atoms. The van der Waals surface area contributed by atoms with Crippen LogP contribution in [-0.4, -0.2) is 14.2 Å². The maximum atomic E-state index is 13.3. The van der Waals surface area contributed by atoms with Gasteiger partial charge >= 0.3 is 0 Å². The Kier molecular flexibility index (Phi) is 5.09. The van der Waals surface area contributed by atoms with Gasteiger partial charge in [0.25, 0.3) is 10.0 Å². The van der Waals surface area contributed by atoms with Crippen molar-refractivity contribution in [2.24, 2.45) is 0 Å². The van der Waals surface area contributed by atoms with Crippen molar-refractivity contribution >= 4 is 44.2 Å². The molecule has 1 aromatic carbocycles. The number of carbonyl (C=O) groups excluding carboxylic acids is 1. The van der Waals surface area contributed by atoms with Gasteiger partial charge in [0.05, 0.1) is 12.2 Å². The van der Waals surface area contributed by atoms with E-state index in [9.17, 15) is 13.2 Å². The fraction of sp³-hybridized carbons (Fsp3) is 0.150.